The zero-order chi connectivity index (χ0) is 17.7. The first-order valence-electron chi connectivity index (χ1n) is 8.03. The van der Waals surface area contributed by atoms with E-state index in [9.17, 15) is 14.7 Å². The maximum absolute atomic E-state index is 12.4. The van der Waals surface area contributed by atoms with Gasteiger partial charge in [0.2, 0.25) is 5.91 Å². The Morgan fingerprint density at radius 3 is 2.62 bits per heavy atom. The first-order valence-corrected chi connectivity index (χ1v) is 8.03. The van der Waals surface area contributed by atoms with E-state index in [-0.39, 0.29) is 30.2 Å². The number of methoxy groups -OCH3 is 1. The topological polar surface area (TPSA) is 82.1 Å². The van der Waals surface area contributed by atoms with Gasteiger partial charge in [-0.05, 0) is 30.5 Å². The maximum atomic E-state index is 12.4. The second kappa shape index (κ2) is 7.90. The third-order valence-corrected chi connectivity index (χ3v) is 3.96. The van der Waals surface area contributed by atoms with Crippen LogP contribution in [0.25, 0.3) is 0 Å². The molecule has 7 nitrogen and oxygen atoms in total. The van der Waals surface area contributed by atoms with Crippen molar-refractivity contribution in [1.82, 2.24) is 15.1 Å². The predicted octanol–water partition coefficient (Wildman–Crippen LogP) is 1.55. The number of hydrogen-bond donors (Lipinski definition) is 2. The summed E-state index contributed by atoms with van der Waals surface area (Å²) in [5.74, 6) is 0.447. The molecule has 3 amide bonds. The number of aromatic hydroxyl groups is 1. The summed E-state index contributed by atoms with van der Waals surface area (Å²) in [6, 6.07) is 5.13. The summed E-state index contributed by atoms with van der Waals surface area (Å²) >= 11 is 0. The maximum Gasteiger partial charge on any atom is 0.317 e. The molecule has 1 aromatic rings. The molecule has 24 heavy (non-hydrogen) atoms. The molecule has 0 atom stereocenters. The number of carbonyl (C=O) groups is 2. The highest BCUT2D eigenvalue weighted by atomic mass is 16.5. The van der Waals surface area contributed by atoms with E-state index in [1.807, 2.05) is 0 Å². The number of phenols is 1. The second-order valence-corrected chi connectivity index (χ2v) is 6.14. The molecule has 1 aromatic carbocycles. The quantitative estimate of drug-likeness (QED) is 0.792. The van der Waals surface area contributed by atoms with E-state index >= 15 is 0 Å². The molecular weight excluding hydrogens is 310 g/mol. The molecule has 1 saturated carbocycles. The minimum Gasteiger partial charge on any atom is -0.504 e. The molecule has 0 radical (unpaired) electrons. The van der Waals surface area contributed by atoms with Crippen LogP contribution in [0, 0.1) is 0 Å². The molecular formula is C17H25N3O4. The normalized spacial score (nSPS) is 13.3. The lowest BCUT2D eigenvalue weighted by molar-refractivity contribution is -0.128. The summed E-state index contributed by atoms with van der Waals surface area (Å²) < 4.78 is 5.11. The van der Waals surface area contributed by atoms with E-state index in [0.29, 0.717) is 18.8 Å². The third kappa shape index (κ3) is 4.78. The molecule has 132 valence electrons. The lowest BCUT2D eigenvalue weighted by Crippen LogP contribution is -2.42. The van der Waals surface area contributed by atoms with E-state index in [4.69, 9.17) is 4.74 Å². The van der Waals surface area contributed by atoms with Gasteiger partial charge in [0, 0.05) is 39.6 Å². The first kappa shape index (κ1) is 17.9. The smallest absolute Gasteiger partial charge is 0.317 e. The van der Waals surface area contributed by atoms with Gasteiger partial charge in [-0.2, -0.15) is 0 Å². The van der Waals surface area contributed by atoms with Crippen LogP contribution in [-0.2, 0) is 11.3 Å². The Kier molecular flexibility index (Phi) is 5.89. The van der Waals surface area contributed by atoms with Crippen molar-refractivity contribution in [3.8, 4) is 11.5 Å². The van der Waals surface area contributed by atoms with E-state index in [1.165, 1.54) is 12.0 Å². The molecule has 1 aliphatic rings. The van der Waals surface area contributed by atoms with Crippen LogP contribution in [0.5, 0.6) is 11.5 Å². The summed E-state index contributed by atoms with van der Waals surface area (Å²) in [6.45, 7) is 0.757. The van der Waals surface area contributed by atoms with E-state index in [0.717, 1.165) is 18.4 Å². The van der Waals surface area contributed by atoms with Gasteiger partial charge < -0.3 is 25.0 Å². The Balaban J connectivity index is 1.94. The number of hydrogen-bond acceptors (Lipinski definition) is 4. The van der Waals surface area contributed by atoms with Gasteiger partial charge >= 0.3 is 6.03 Å². The highest BCUT2D eigenvalue weighted by Gasteiger charge is 2.32. The zero-order valence-corrected chi connectivity index (χ0v) is 14.4. The number of urea groups is 1. The molecule has 0 spiro atoms. The van der Waals surface area contributed by atoms with Gasteiger partial charge in [0.05, 0.1) is 7.11 Å². The Hall–Kier alpha value is -2.44. The summed E-state index contributed by atoms with van der Waals surface area (Å²) in [7, 11) is 4.88. The lowest BCUT2D eigenvalue weighted by atomic mass is 10.2. The molecule has 2 N–H and O–H groups in total. The molecule has 1 fully saturated rings. The van der Waals surface area contributed by atoms with Crippen LogP contribution in [0.3, 0.4) is 0 Å². The van der Waals surface area contributed by atoms with Gasteiger partial charge in [0.25, 0.3) is 0 Å². The van der Waals surface area contributed by atoms with Gasteiger partial charge in [-0.15, -0.1) is 0 Å². The average Bonchev–Trinajstić information content (AvgIpc) is 3.38. The molecule has 0 unspecified atom stereocenters. The minimum absolute atomic E-state index is 0.0171. The number of carbonyl (C=O) groups excluding carboxylic acids is 2. The largest absolute Gasteiger partial charge is 0.504 e. The molecule has 2 rings (SSSR count). The number of phenolic OH excluding ortho intramolecular Hbond substituents is 1. The van der Waals surface area contributed by atoms with Crippen molar-refractivity contribution < 1.29 is 19.4 Å². The van der Waals surface area contributed by atoms with Crippen LogP contribution in [-0.4, -0.2) is 60.6 Å². The summed E-state index contributed by atoms with van der Waals surface area (Å²) in [4.78, 5) is 27.2. The third-order valence-electron chi connectivity index (χ3n) is 3.96. The van der Waals surface area contributed by atoms with Gasteiger partial charge in [0.15, 0.2) is 11.5 Å². The van der Waals surface area contributed by atoms with Crippen molar-refractivity contribution in [2.75, 3.05) is 27.7 Å². The van der Waals surface area contributed by atoms with E-state index < -0.39 is 0 Å². The number of amides is 3. The molecule has 0 heterocycles. The van der Waals surface area contributed by atoms with Crippen molar-refractivity contribution in [2.24, 2.45) is 0 Å². The van der Waals surface area contributed by atoms with Crippen LogP contribution in [0.15, 0.2) is 18.2 Å². The lowest BCUT2D eigenvalue weighted by Gasteiger charge is -2.23. The van der Waals surface area contributed by atoms with Crippen molar-refractivity contribution in [3.63, 3.8) is 0 Å². The number of nitrogens with zero attached hydrogens (tertiary/aromatic N) is 2. The van der Waals surface area contributed by atoms with E-state index in [1.54, 1.807) is 37.2 Å². The van der Waals surface area contributed by atoms with Gasteiger partial charge in [-0.1, -0.05) is 6.07 Å². The average molecular weight is 335 g/mol. The van der Waals surface area contributed by atoms with Gasteiger partial charge in [-0.3, -0.25) is 4.79 Å². The predicted molar refractivity (Wildman–Crippen MR) is 89.9 cm³/mol. The highest BCUT2D eigenvalue weighted by molar-refractivity contribution is 5.78. The molecule has 0 bridgehead atoms. The molecule has 7 heteroatoms. The molecule has 0 aliphatic heterocycles. The van der Waals surface area contributed by atoms with Crippen LogP contribution in [0.1, 0.15) is 24.8 Å². The van der Waals surface area contributed by atoms with Gasteiger partial charge in [-0.25, -0.2) is 4.79 Å². The molecule has 1 aliphatic carbocycles. The fourth-order valence-corrected chi connectivity index (χ4v) is 2.37. The van der Waals surface area contributed by atoms with Crippen LogP contribution >= 0.6 is 0 Å². The first-order chi connectivity index (χ1) is 11.4. The van der Waals surface area contributed by atoms with Crippen LogP contribution < -0.4 is 10.1 Å². The fraction of sp³-hybridized carbons (Fsp3) is 0.529. The Morgan fingerprint density at radius 1 is 1.33 bits per heavy atom. The Labute approximate surface area is 142 Å². The van der Waals surface area contributed by atoms with E-state index in [2.05, 4.69) is 5.32 Å². The zero-order valence-electron chi connectivity index (χ0n) is 14.4. The second-order valence-electron chi connectivity index (χ2n) is 6.14. The van der Waals surface area contributed by atoms with Crippen LogP contribution in [0.2, 0.25) is 0 Å². The standard InChI is InChI=1S/C17H25N3O4/c1-19(2)16(22)8-9-18-17(23)20(13-5-6-13)11-12-4-7-14(21)15(10-12)24-3/h4,7,10,13,21H,5-6,8-9,11H2,1-3H3,(H,18,23). The number of benzene rings is 1. The van der Waals surface area contributed by atoms with Crippen molar-refractivity contribution in [1.29, 1.82) is 0 Å². The molecule has 0 saturated heterocycles. The fourth-order valence-electron chi connectivity index (χ4n) is 2.37. The highest BCUT2D eigenvalue weighted by Crippen LogP contribution is 2.31. The summed E-state index contributed by atoms with van der Waals surface area (Å²) in [5.41, 5.74) is 0.885. The van der Waals surface area contributed by atoms with Gasteiger partial charge in [0.1, 0.15) is 0 Å². The SMILES string of the molecule is COc1cc(CN(C(=O)NCCC(=O)N(C)C)C2CC2)ccc1O. The summed E-state index contributed by atoms with van der Waals surface area (Å²) in [6.07, 6.45) is 2.25. The molecule has 0 aromatic heterocycles. The van der Waals surface area contributed by atoms with Crippen molar-refractivity contribution >= 4 is 11.9 Å². The van der Waals surface area contributed by atoms with Crippen LogP contribution in [0.4, 0.5) is 4.79 Å². The Bertz CT molecular complexity index is 599. The number of rotatable bonds is 7. The Morgan fingerprint density at radius 2 is 2.04 bits per heavy atom. The summed E-state index contributed by atoms with van der Waals surface area (Å²) in [5, 5.41) is 12.5. The van der Waals surface area contributed by atoms with Crippen molar-refractivity contribution in [2.45, 2.75) is 31.8 Å². The minimum atomic E-state index is -0.170. The van der Waals surface area contributed by atoms with Crippen molar-refractivity contribution in [3.05, 3.63) is 23.8 Å². The number of ether oxygens (including phenoxy) is 1. The monoisotopic (exact) mass is 335 g/mol. The number of nitrogens with one attached hydrogen (secondary N) is 1.